The summed E-state index contributed by atoms with van der Waals surface area (Å²) >= 11 is 0. The van der Waals surface area contributed by atoms with Gasteiger partial charge in [0.05, 0.1) is 0 Å². The van der Waals surface area contributed by atoms with Crippen LogP contribution in [0.1, 0.15) is 37.8 Å². The average molecular weight is 203 g/mol. The fourth-order valence-corrected chi connectivity index (χ4v) is 1.73. The van der Waals surface area contributed by atoms with Crippen LogP contribution in [0.15, 0.2) is 35.3 Å². The van der Waals surface area contributed by atoms with Gasteiger partial charge in [-0.15, -0.1) is 0 Å². The highest BCUT2D eigenvalue weighted by atomic mass is 16.5. The van der Waals surface area contributed by atoms with Crippen LogP contribution >= 0.6 is 0 Å². The Labute approximate surface area is 91.0 Å². The predicted octanol–water partition coefficient (Wildman–Crippen LogP) is 3.35. The SMILES string of the molecule is CCCCC1=NC(c2ccccc2)CO1. The topological polar surface area (TPSA) is 21.6 Å². The molecule has 0 fully saturated rings. The van der Waals surface area contributed by atoms with Crippen LogP contribution in [-0.2, 0) is 4.74 Å². The molecule has 2 heteroatoms. The number of rotatable bonds is 4. The zero-order valence-corrected chi connectivity index (χ0v) is 9.15. The summed E-state index contributed by atoms with van der Waals surface area (Å²) in [6, 6.07) is 10.6. The van der Waals surface area contributed by atoms with Gasteiger partial charge in [0.15, 0.2) is 5.90 Å². The van der Waals surface area contributed by atoms with Gasteiger partial charge in [-0.05, 0) is 12.0 Å². The zero-order valence-electron chi connectivity index (χ0n) is 9.15. The van der Waals surface area contributed by atoms with Crippen LogP contribution in [0.5, 0.6) is 0 Å². The molecule has 1 heterocycles. The molecule has 0 aromatic heterocycles. The highest BCUT2D eigenvalue weighted by Crippen LogP contribution is 2.23. The molecule has 1 aliphatic heterocycles. The quantitative estimate of drug-likeness (QED) is 0.735. The van der Waals surface area contributed by atoms with E-state index < -0.39 is 0 Å². The van der Waals surface area contributed by atoms with Crippen molar-refractivity contribution in [1.29, 1.82) is 0 Å². The highest BCUT2D eigenvalue weighted by molar-refractivity contribution is 5.77. The van der Waals surface area contributed by atoms with Crippen molar-refractivity contribution in [3.05, 3.63) is 35.9 Å². The van der Waals surface area contributed by atoms with Crippen molar-refractivity contribution in [2.24, 2.45) is 4.99 Å². The Hall–Kier alpha value is -1.31. The molecule has 1 unspecified atom stereocenters. The van der Waals surface area contributed by atoms with Gasteiger partial charge in [0.25, 0.3) is 0 Å². The molecule has 0 aliphatic carbocycles. The van der Waals surface area contributed by atoms with Gasteiger partial charge in [0.1, 0.15) is 12.6 Å². The summed E-state index contributed by atoms with van der Waals surface area (Å²) < 4.78 is 5.57. The van der Waals surface area contributed by atoms with Gasteiger partial charge < -0.3 is 4.74 Å². The minimum Gasteiger partial charge on any atom is -0.478 e. The zero-order chi connectivity index (χ0) is 10.5. The summed E-state index contributed by atoms with van der Waals surface area (Å²) in [5.74, 6) is 0.936. The number of aliphatic imine (C=N–C) groups is 1. The third-order valence-electron chi connectivity index (χ3n) is 2.64. The van der Waals surface area contributed by atoms with Gasteiger partial charge in [-0.3, -0.25) is 0 Å². The number of hydrogen-bond acceptors (Lipinski definition) is 2. The number of ether oxygens (including phenoxy) is 1. The van der Waals surface area contributed by atoms with Crippen LogP contribution in [0.3, 0.4) is 0 Å². The monoisotopic (exact) mass is 203 g/mol. The Morgan fingerprint density at radius 2 is 2.13 bits per heavy atom. The fraction of sp³-hybridized carbons (Fsp3) is 0.462. The van der Waals surface area contributed by atoms with Gasteiger partial charge in [-0.1, -0.05) is 43.7 Å². The Bertz CT molecular complexity index is 332. The third-order valence-corrected chi connectivity index (χ3v) is 2.64. The molecule has 0 saturated carbocycles. The molecule has 0 N–H and O–H groups in total. The second kappa shape index (κ2) is 4.96. The maximum absolute atomic E-state index is 5.57. The smallest absolute Gasteiger partial charge is 0.184 e. The first-order valence-electron chi connectivity index (χ1n) is 5.64. The van der Waals surface area contributed by atoms with E-state index in [1.807, 2.05) is 6.07 Å². The van der Waals surface area contributed by atoms with Crippen molar-refractivity contribution in [1.82, 2.24) is 0 Å². The van der Waals surface area contributed by atoms with E-state index >= 15 is 0 Å². The summed E-state index contributed by atoms with van der Waals surface area (Å²) in [5, 5.41) is 0. The van der Waals surface area contributed by atoms with Gasteiger partial charge in [0.2, 0.25) is 0 Å². The van der Waals surface area contributed by atoms with E-state index in [9.17, 15) is 0 Å². The first-order chi connectivity index (χ1) is 7.40. The van der Waals surface area contributed by atoms with Crippen molar-refractivity contribution in [3.63, 3.8) is 0 Å². The Morgan fingerprint density at radius 3 is 2.87 bits per heavy atom. The number of benzene rings is 1. The van der Waals surface area contributed by atoms with E-state index in [0.717, 1.165) is 12.3 Å². The lowest BCUT2D eigenvalue weighted by atomic mass is 10.1. The highest BCUT2D eigenvalue weighted by Gasteiger charge is 2.19. The molecule has 1 aromatic rings. The summed E-state index contributed by atoms with van der Waals surface area (Å²) in [7, 11) is 0. The molecule has 15 heavy (non-hydrogen) atoms. The molecule has 1 aromatic carbocycles. The summed E-state index contributed by atoms with van der Waals surface area (Å²) in [5.41, 5.74) is 1.25. The van der Waals surface area contributed by atoms with Gasteiger partial charge in [-0.2, -0.15) is 0 Å². The van der Waals surface area contributed by atoms with E-state index in [2.05, 4.69) is 36.2 Å². The molecule has 0 amide bonds. The largest absolute Gasteiger partial charge is 0.478 e. The van der Waals surface area contributed by atoms with Crippen molar-refractivity contribution >= 4 is 5.90 Å². The Balaban J connectivity index is 1.99. The maximum atomic E-state index is 5.57. The van der Waals surface area contributed by atoms with Crippen molar-refractivity contribution in [2.45, 2.75) is 32.2 Å². The van der Waals surface area contributed by atoms with Crippen molar-refractivity contribution in [2.75, 3.05) is 6.61 Å². The molecule has 2 nitrogen and oxygen atoms in total. The Morgan fingerprint density at radius 1 is 1.33 bits per heavy atom. The van der Waals surface area contributed by atoms with Crippen LogP contribution < -0.4 is 0 Å². The number of nitrogens with zero attached hydrogens (tertiary/aromatic N) is 1. The molecule has 0 bridgehead atoms. The van der Waals surface area contributed by atoms with Gasteiger partial charge in [-0.25, -0.2) is 4.99 Å². The molecular formula is C13H17NO. The first kappa shape index (κ1) is 10.2. The lowest BCUT2D eigenvalue weighted by molar-refractivity contribution is 0.311. The standard InChI is InChI=1S/C13H17NO/c1-2-3-9-13-14-12(10-15-13)11-7-5-4-6-8-11/h4-8,12H,2-3,9-10H2,1H3. The minimum atomic E-state index is 0.220. The second-order valence-corrected chi connectivity index (χ2v) is 3.86. The van der Waals surface area contributed by atoms with Crippen LogP contribution in [0.4, 0.5) is 0 Å². The third kappa shape index (κ3) is 2.58. The van der Waals surface area contributed by atoms with Gasteiger partial charge in [0, 0.05) is 6.42 Å². The molecular weight excluding hydrogens is 186 g/mol. The van der Waals surface area contributed by atoms with E-state index in [1.54, 1.807) is 0 Å². The first-order valence-corrected chi connectivity index (χ1v) is 5.64. The van der Waals surface area contributed by atoms with Crippen LogP contribution in [0.2, 0.25) is 0 Å². The van der Waals surface area contributed by atoms with E-state index in [1.165, 1.54) is 18.4 Å². The molecule has 0 spiro atoms. The maximum Gasteiger partial charge on any atom is 0.184 e. The van der Waals surface area contributed by atoms with Crippen LogP contribution in [0, 0.1) is 0 Å². The molecule has 0 radical (unpaired) electrons. The summed E-state index contributed by atoms with van der Waals surface area (Å²) in [6.07, 6.45) is 3.35. The number of hydrogen-bond donors (Lipinski definition) is 0. The molecule has 2 rings (SSSR count). The lowest BCUT2D eigenvalue weighted by Crippen LogP contribution is -1.99. The molecule has 1 atom stereocenters. The fourth-order valence-electron chi connectivity index (χ4n) is 1.73. The van der Waals surface area contributed by atoms with Crippen molar-refractivity contribution in [3.8, 4) is 0 Å². The van der Waals surface area contributed by atoms with E-state index in [4.69, 9.17) is 4.74 Å². The normalized spacial score (nSPS) is 19.8. The average Bonchev–Trinajstić information content (AvgIpc) is 2.76. The van der Waals surface area contributed by atoms with Crippen LogP contribution in [0.25, 0.3) is 0 Å². The van der Waals surface area contributed by atoms with E-state index in [0.29, 0.717) is 6.61 Å². The summed E-state index contributed by atoms with van der Waals surface area (Å²) in [4.78, 5) is 4.59. The van der Waals surface area contributed by atoms with Crippen LogP contribution in [-0.4, -0.2) is 12.5 Å². The van der Waals surface area contributed by atoms with Gasteiger partial charge >= 0.3 is 0 Å². The van der Waals surface area contributed by atoms with E-state index in [-0.39, 0.29) is 6.04 Å². The Kier molecular flexibility index (Phi) is 3.38. The molecule has 0 saturated heterocycles. The lowest BCUT2D eigenvalue weighted by Gasteiger charge is -2.03. The van der Waals surface area contributed by atoms with Crippen molar-refractivity contribution < 1.29 is 4.74 Å². The summed E-state index contributed by atoms with van der Waals surface area (Å²) in [6.45, 7) is 2.90. The second-order valence-electron chi connectivity index (χ2n) is 3.86. The minimum absolute atomic E-state index is 0.220. The predicted molar refractivity (Wildman–Crippen MR) is 62.1 cm³/mol. The molecule has 1 aliphatic rings. The number of unbranched alkanes of at least 4 members (excludes halogenated alkanes) is 1. The molecule has 80 valence electrons.